The minimum atomic E-state index is -0.754. The summed E-state index contributed by atoms with van der Waals surface area (Å²) < 4.78 is 0. The van der Waals surface area contributed by atoms with Gasteiger partial charge in [0, 0.05) is 23.8 Å². The number of nitrogens with one attached hydrogen (secondary N) is 2. The highest BCUT2D eigenvalue weighted by Crippen LogP contribution is 2.22. The number of carbonyl (C=O) groups excluding carboxylic acids is 3. The molecule has 0 aliphatic carbocycles. The van der Waals surface area contributed by atoms with E-state index in [2.05, 4.69) is 17.6 Å². The minimum absolute atomic E-state index is 0.0249. The summed E-state index contributed by atoms with van der Waals surface area (Å²) in [6.45, 7) is 6.24. The molecule has 2 rings (SSSR count). The fourth-order valence-corrected chi connectivity index (χ4v) is 3.02. The normalized spacial score (nSPS) is 18.4. The number of hydrogen-bond acceptors (Lipinski definition) is 3. The van der Waals surface area contributed by atoms with E-state index in [0.29, 0.717) is 11.3 Å². The lowest BCUT2D eigenvalue weighted by atomic mass is 10.0. The average molecular weight is 346 g/mol. The molecule has 25 heavy (non-hydrogen) atoms. The maximum absolute atomic E-state index is 12.7. The standard InChI is InChI=1S/C18H26N4O3/c1-11-10-14(17(24)22-9-5-4-6-12(22)2)7-8-15(11)21-16(23)13(3)20-18(19)25/h7-8,10,12-13H,4-6,9H2,1-3H3,(H,21,23)(H3,19,20,25). The number of primary amides is 1. The monoisotopic (exact) mass is 346 g/mol. The van der Waals surface area contributed by atoms with Crippen LogP contribution in [0.25, 0.3) is 0 Å². The molecule has 1 saturated heterocycles. The molecule has 1 fully saturated rings. The zero-order valence-corrected chi connectivity index (χ0v) is 15.0. The largest absolute Gasteiger partial charge is 0.352 e. The molecular formula is C18H26N4O3. The first-order chi connectivity index (χ1) is 11.8. The molecule has 0 saturated carbocycles. The van der Waals surface area contributed by atoms with Crippen LogP contribution in [0.3, 0.4) is 0 Å². The van der Waals surface area contributed by atoms with Crippen LogP contribution in [0.4, 0.5) is 10.5 Å². The Hall–Kier alpha value is -2.57. The summed E-state index contributed by atoms with van der Waals surface area (Å²) in [5.74, 6) is -0.345. The van der Waals surface area contributed by atoms with E-state index < -0.39 is 12.1 Å². The van der Waals surface area contributed by atoms with Gasteiger partial charge in [-0.3, -0.25) is 9.59 Å². The van der Waals surface area contributed by atoms with Gasteiger partial charge in [0.1, 0.15) is 6.04 Å². The SMILES string of the molecule is Cc1cc(C(=O)N2CCCCC2C)ccc1NC(=O)C(C)NC(N)=O. The highest BCUT2D eigenvalue weighted by molar-refractivity contribution is 5.99. The van der Waals surface area contributed by atoms with Gasteiger partial charge in [-0.1, -0.05) is 0 Å². The Morgan fingerprint density at radius 3 is 2.60 bits per heavy atom. The lowest BCUT2D eigenvalue weighted by Gasteiger charge is -2.33. The first-order valence-electron chi connectivity index (χ1n) is 8.58. The number of amides is 4. The van der Waals surface area contributed by atoms with Gasteiger partial charge in [-0.25, -0.2) is 4.79 Å². The van der Waals surface area contributed by atoms with Crippen molar-refractivity contribution in [2.45, 2.75) is 52.1 Å². The maximum Gasteiger partial charge on any atom is 0.312 e. The second-order valence-electron chi connectivity index (χ2n) is 6.59. The Labute approximate surface area is 147 Å². The molecule has 0 aromatic heterocycles. The van der Waals surface area contributed by atoms with Crippen LogP contribution in [0, 0.1) is 6.92 Å². The number of rotatable bonds is 4. The van der Waals surface area contributed by atoms with Gasteiger partial charge >= 0.3 is 6.03 Å². The lowest BCUT2D eigenvalue weighted by molar-refractivity contribution is -0.117. The highest BCUT2D eigenvalue weighted by atomic mass is 16.2. The second kappa shape index (κ2) is 8.00. The van der Waals surface area contributed by atoms with Crippen LogP contribution in [-0.2, 0) is 4.79 Å². The molecule has 0 bridgehead atoms. The van der Waals surface area contributed by atoms with Gasteiger partial charge in [-0.15, -0.1) is 0 Å². The van der Waals surface area contributed by atoms with Crippen molar-refractivity contribution in [3.8, 4) is 0 Å². The number of benzene rings is 1. The van der Waals surface area contributed by atoms with E-state index in [1.807, 2.05) is 11.8 Å². The second-order valence-corrected chi connectivity index (χ2v) is 6.59. The zero-order chi connectivity index (χ0) is 18.6. The summed E-state index contributed by atoms with van der Waals surface area (Å²) in [6.07, 6.45) is 3.23. The summed E-state index contributed by atoms with van der Waals surface area (Å²) in [6, 6.07) is 3.97. The summed E-state index contributed by atoms with van der Waals surface area (Å²) in [7, 11) is 0. The van der Waals surface area contributed by atoms with Crippen molar-refractivity contribution in [3.63, 3.8) is 0 Å². The van der Waals surface area contributed by atoms with Crippen molar-refractivity contribution in [1.29, 1.82) is 0 Å². The van der Waals surface area contributed by atoms with E-state index in [4.69, 9.17) is 5.73 Å². The number of urea groups is 1. The predicted octanol–water partition coefficient (Wildman–Crippen LogP) is 2.00. The quantitative estimate of drug-likeness (QED) is 0.776. The molecule has 4 amide bonds. The van der Waals surface area contributed by atoms with Gasteiger partial charge in [0.15, 0.2) is 0 Å². The van der Waals surface area contributed by atoms with Crippen molar-refractivity contribution in [3.05, 3.63) is 29.3 Å². The van der Waals surface area contributed by atoms with Gasteiger partial charge < -0.3 is 21.3 Å². The van der Waals surface area contributed by atoms with Gasteiger partial charge in [0.05, 0.1) is 0 Å². The summed E-state index contributed by atoms with van der Waals surface area (Å²) in [5.41, 5.74) is 7.03. The number of piperidine rings is 1. The van der Waals surface area contributed by atoms with Gasteiger partial charge in [0.25, 0.3) is 5.91 Å². The molecule has 0 radical (unpaired) electrons. The predicted molar refractivity (Wildman–Crippen MR) is 96.3 cm³/mol. The topological polar surface area (TPSA) is 105 Å². The smallest absolute Gasteiger partial charge is 0.312 e. The third-order valence-electron chi connectivity index (χ3n) is 4.55. The maximum atomic E-state index is 12.7. The number of anilines is 1. The molecule has 2 atom stereocenters. The average Bonchev–Trinajstić information content (AvgIpc) is 2.55. The van der Waals surface area contributed by atoms with E-state index in [1.165, 1.54) is 0 Å². The first-order valence-corrected chi connectivity index (χ1v) is 8.58. The Morgan fingerprint density at radius 2 is 2.00 bits per heavy atom. The van der Waals surface area contributed by atoms with E-state index >= 15 is 0 Å². The number of carbonyl (C=O) groups is 3. The Morgan fingerprint density at radius 1 is 1.28 bits per heavy atom. The Bertz CT molecular complexity index is 674. The third-order valence-corrected chi connectivity index (χ3v) is 4.55. The fourth-order valence-electron chi connectivity index (χ4n) is 3.02. The van der Waals surface area contributed by atoms with Gasteiger partial charge in [-0.05, 0) is 63.8 Å². The summed E-state index contributed by atoms with van der Waals surface area (Å²) >= 11 is 0. The van der Waals surface area contributed by atoms with Crippen LogP contribution < -0.4 is 16.4 Å². The van der Waals surface area contributed by atoms with Crippen LogP contribution in [0.2, 0.25) is 0 Å². The van der Waals surface area contributed by atoms with Crippen LogP contribution >= 0.6 is 0 Å². The van der Waals surface area contributed by atoms with Crippen molar-refractivity contribution < 1.29 is 14.4 Å². The van der Waals surface area contributed by atoms with E-state index in [-0.39, 0.29) is 17.9 Å². The number of nitrogens with two attached hydrogens (primary N) is 1. The minimum Gasteiger partial charge on any atom is -0.352 e. The Kier molecular flexibility index (Phi) is 6.01. The molecular weight excluding hydrogens is 320 g/mol. The molecule has 2 unspecified atom stereocenters. The molecule has 0 spiro atoms. The molecule has 7 heteroatoms. The molecule has 7 nitrogen and oxygen atoms in total. The van der Waals surface area contributed by atoms with Crippen LogP contribution in [0.15, 0.2) is 18.2 Å². The molecule has 1 aliphatic rings. The Balaban J connectivity index is 2.08. The van der Waals surface area contributed by atoms with Crippen LogP contribution in [0.5, 0.6) is 0 Å². The molecule has 1 aromatic rings. The highest BCUT2D eigenvalue weighted by Gasteiger charge is 2.24. The van der Waals surface area contributed by atoms with E-state index in [9.17, 15) is 14.4 Å². The molecule has 1 heterocycles. The fraction of sp³-hybridized carbons (Fsp3) is 0.500. The summed E-state index contributed by atoms with van der Waals surface area (Å²) in [4.78, 5) is 37.5. The zero-order valence-electron chi connectivity index (χ0n) is 15.0. The lowest BCUT2D eigenvalue weighted by Crippen LogP contribution is -2.44. The molecule has 1 aromatic carbocycles. The number of hydrogen-bond donors (Lipinski definition) is 3. The number of likely N-dealkylation sites (tertiary alicyclic amines) is 1. The van der Waals surface area contributed by atoms with Crippen molar-refractivity contribution in [2.75, 3.05) is 11.9 Å². The first kappa shape index (κ1) is 18.8. The van der Waals surface area contributed by atoms with E-state index in [1.54, 1.807) is 25.1 Å². The summed E-state index contributed by atoms with van der Waals surface area (Å²) in [5, 5.41) is 5.06. The van der Waals surface area contributed by atoms with Crippen molar-refractivity contribution >= 4 is 23.5 Å². The van der Waals surface area contributed by atoms with Crippen LogP contribution in [0.1, 0.15) is 49.0 Å². The molecule has 136 valence electrons. The third kappa shape index (κ3) is 4.71. The van der Waals surface area contributed by atoms with Gasteiger partial charge in [0.2, 0.25) is 5.91 Å². The number of aryl methyl sites for hydroxylation is 1. The van der Waals surface area contributed by atoms with E-state index in [0.717, 1.165) is 31.4 Å². The van der Waals surface area contributed by atoms with Crippen molar-refractivity contribution in [1.82, 2.24) is 10.2 Å². The van der Waals surface area contributed by atoms with Crippen molar-refractivity contribution in [2.24, 2.45) is 5.73 Å². The van der Waals surface area contributed by atoms with Crippen LogP contribution in [-0.4, -0.2) is 41.4 Å². The number of nitrogens with zero attached hydrogens (tertiary/aromatic N) is 1. The van der Waals surface area contributed by atoms with Gasteiger partial charge in [-0.2, -0.15) is 0 Å². The molecule has 1 aliphatic heterocycles. The molecule has 4 N–H and O–H groups in total.